The zero-order valence-corrected chi connectivity index (χ0v) is 13.1. The Morgan fingerprint density at radius 1 is 1.15 bits per heavy atom. The maximum atomic E-state index is 13.3. The standard InChI is InChI=1S/C16H17BrFNO/c1-11(2)19-10-12-5-3-4-6-15(12)20-16-9-13(18)7-8-14(16)17/h3-9,11,19H,10H2,1-2H3. The minimum atomic E-state index is -0.319. The number of hydrogen-bond donors (Lipinski definition) is 1. The average Bonchev–Trinajstić information content (AvgIpc) is 2.42. The summed E-state index contributed by atoms with van der Waals surface area (Å²) in [7, 11) is 0. The summed E-state index contributed by atoms with van der Waals surface area (Å²) in [6.45, 7) is 4.89. The number of nitrogens with one attached hydrogen (secondary N) is 1. The van der Waals surface area contributed by atoms with Gasteiger partial charge in [0.05, 0.1) is 4.47 Å². The molecule has 0 heterocycles. The monoisotopic (exact) mass is 337 g/mol. The second kappa shape index (κ2) is 6.86. The predicted octanol–water partition coefficient (Wildman–Crippen LogP) is 4.88. The van der Waals surface area contributed by atoms with Gasteiger partial charge in [-0.2, -0.15) is 0 Å². The Bertz CT molecular complexity index is 586. The van der Waals surface area contributed by atoms with Crippen molar-refractivity contribution in [1.29, 1.82) is 0 Å². The van der Waals surface area contributed by atoms with E-state index in [1.807, 2.05) is 24.3 Å². The number of para-hydroxylation sites is 1. The van der Waals surface area contributed by atoms with E-state index in [9.17, 15) is 4.39 Å². The van der Waals surface area contributed by atoms with Gasteiger partial charge in [-0.15, -0.1) is 0 Å². The lowest BCUT2D eigenvalue weighted by molar-refractivity contribution is 0.462. The molecular weight excluding hydrogens is 321 g/mol. The summed E-state index contributed by atoms with van der Waals surface area (Å²) >= 11 is 3.37. The van der Waals surface area contributed by atoms with Gasteiger partial charge >= 0.3 is 0 Å². The summed E-state index contributed by atoms with van der Waals surface area (Å²) in [5.74, 6) is 0.884. The highest BCUT2D eigenvalue weighted by Gasteiger charge is 2.08. The molecule has 4 heteroatoms. The van der Waals surface area contributed by atoms with Gasteiger partial charge in [0.1, 0.15) is 17.3 Å². The van der Waals surface area contributed by atoms with E-state index < -0.39 is 0 Å². The molecule has 0 unspecified atom stereocenters. The van der Waals surface area contributed by atoms with E-state index in [-0.39, 0.29) is 5.82 Å². The average molecular weight is 338 g/mol. The number of hydrogen-bond acceptors (Lipinski definition) is 2. The number of benzene rings is 2. The van der Waals surface area contributed by atoms with Crippen molar-refractivity contribution in [2.45, 2.75) is 26.4 Å². The topological polar surface area (TPSA) is 21.3 Å². The smallest absolute Gasteiger partial charge is 0.144 e. The van der Waals surface area contributed by atoms with Gasteiger partial charge in [0, 0.05) is 24.2 Å². The van der Waals surface area contributed by atoms with Crippen molar-refractivity contribution in [3.63, 3.8) is 0 Å². The molecule has 0 bridgehead atoms. The molecule has 0 atom stereocenters. The van der Waals surface area contributed by atoms with Gasteiger partial charge in [-0.3, -0.25) is 0 Å². The first-order valence-electron chi connectivity index (χ1n) is 6.50. The quantitative estimate of drug-likeness (QED) is 0.839. The fourth-order valence-corrected chi connectivity index (χ4v) is 2.06. The van der Waals surface area contributed by atoms with E-state index in [0.717, 1.165) is 15.8 Å². The van der Waals surface area contributed by atoms with Crippen LogP contribution in [0.2, 0.25) is 0 Å². The van der Waals surface area contributed by atoms with E-state index in [1.165, 1.54) is 12.1 Å². The van der Waals surface area contributed by atoms with Crippen molar-refractivity contribution in [3.05, 3.63) is 58.3 Å². The molecule has 0 aliphatic heterocycles. The van der Waals surface area contributed by atoms with Gasteiger partial charge in [-0.1, -0.05) is 32.0 Å². The molecule has 2 rings (SSSR count). The highest BCUT2D eigenvalue weighted by Crippen LogP contribution is 2.32. The molecule has 1 N–H and O–H groups in total. The highest BCUT2D eigenvalue weighted by molar-refractivity contribution is 9.10. The number of halogens is 2. The van der Waals surface area contributed by atoms with Crippen LogP contribution in [0.1, 0.15) is 19.4 Å². The van der Waals surface area contributed by atoms with E-state index in [1.54, 1.807) is 6.07 Å². The van der Waals surface area contributed by atoms with Crippen molar-refractivity contribution >= 4 is 15.9 Å². The van der Waals surface area contributed by atoms with Crippen LogP contribution in [0.5, 0.6) is 11.5 Å². The van der Waals surface area contributed by atoms with E-state index >= 15 is 0 Å². The van der Waals surface area contributed by atoms with Crippen LogP contribution in [0, 0.1) is 5.82 Å². The Hall–Kier alpha value is -1.39. The Morgan fingerprint density at radius 2 is 1.90 bits per heavy atom. The molecule has 2 nitrogen and oxygen atoms in total. The van der Waals surface area contributed by atoms with Gasteiger partial charge in [0.2, 0.25) is 0 Å². The molecule has 20 heavy (non-hydrogen) atoms. The minimum absolute atomic E-state index is 0.319. The maximum Gasteiger partial charge on any atom is 0.144 e. The maximum absolute atomic E-state index is 13.3. The molecule has 2 aromatic carbocycles. The SMILES string of the molecule is CC(C)NCc1ccccc1Oc1cc(F)ccc1Br. The molecule has 106 valence electrons. The highest BCUT2D eigenvalue weighted by atomic mass is 79.9. The molecule has 2 aromatic rings. The molecular formula is C16H17BrFNO. The number of rotatable bonds is 5. The number of ether oxygens (including phenoxy) is 1. The zero-order chi connectivity index (χ0) is 14.5. The van der Waals surface area contributed by atoms with E-state index in [0.29, 0.717) is 18.3 Å². The third-order valence-electron chi connectivity index (χ3n) is 2.79. The first-order valence-corrected chi connectivity index (χ1v) is 7.30. The molecule has 0 saturated carbocycles. The fraction of sp³-hybridized carbons (Fsp3) is 0.250. The van der Waals surface area contributed by atoms with Crippen LogP contribution in [0.3, 0.4) is 0 Å². The van der Waals surface area contributed by atoms with Gasteiger partial charge in [-0.25, -0.2) is 4.39 Å². The van der Waals surface area contributed by atoms with Gasteiger partial charge in [-0.05, 0) is 34.1 Å². The molecule has 0 spiro atoms. The summed E-state index contributed by atoms with van der Waals surface area (Å²) in [5.41, 5.74) is 1.04. The van der Waals surface area contributed by atoms with Crippen LogP contribution in [0.4, 0.5) is 4.39 Å². The lowest BCUT2D eigenvalue weighted by atomic mass is 10.2. The largest absolute Gasteiger partial charge is 0.456 e. The van der Waals surface area contributed by atoms with Crippen LogP contribution < -0.4 is 10.1 Å². The second-order valence-electron chi connectivity index (χ2n) is 4.82. The fourth-order valence-electron chi connectivity index (χ4n) is 1.74. The van der Waals surface area contributed by atoms with E-state index in [4.69, 9.17) is 4.74 Å². The zero-order valence-electron chi connectivity index (χ0n) is 11.5. The molecule has 0 aliphatic rings. The van der Waals surface area contributed by atoms with Crippen molar-refractivity contribution in [3.8, 4) is 11.5 Å². The first kappa shape index (κ1) is 15.0. The predicted molar refractivity (Wildman–Crippen MR) is 82.6 cm³/mol. The summed E-state index contributed by atoms with van der Waals surface area (Å²) < 4.78 is 19.8. The lowest BCUT2D eigenvalue weighted by Crippen LogP contribution is -2.22. The minimum Gasteiger partial charge on any atom is -0.456 e. The van der Waals surface area contributed by atoms with Gasteiger partial charge in [0.25, 0.3) is 0 Å². The summed E-state index contributed by atoms with van der Waals surface area (Å²) in [4.78, 5) is 0. The first-order chi connectivity index (χ1) is 9.56. The molecule has 0 radical (unpaired) electrons. The van der Waals surface area contributed by atoms with Crippen LogP contribution in [-0.2, 0) is 6.54 Å². The van der Waals surface area contributed by atoms with Crippen LogP contribution in [0.15, 0.2) is 46.9 Å². The Balaban J connectivity index is 2.22. The normalized spacial score (nSPS) is 10.8. The summed E-state index contributed by atoms with van der Waals surface area (Å²) in [6.07, 6.45) is 0. The molecule has 0 aromatic heterocycles. The second-order valence-corrected chi connectivity index (χ2v) is 5.67. The van der Waals surface area contributed by atoms with Crippen LogP contribution >= 0.6 is 15.9 Å². The summed E-state index contributed by atoms with van der Waals surface area (Å²) in [6, 6.07) is 12.5. The lowest BCUT2D eigenvalue weighted by Gasteiger charge is -2.14. The van der Waals surface area contributed by atoms with Crippen molar-refractivity contribution in [2.75, 3.05) is 0 Å². The Kier molecular flexibility index (Phi) is 5.15. The summed E-state index contributed by atoms with van der Waals surface area (Å²) in [5, 5.41) is 3.35. The van der Waals surface area contributed by atoms with Gasteiger partial charge < -0.3 is 10.1 Å². The molecule has 0 saturated heterocycles. The Morgan fingerprint density at radius 3 is 2.65 bits per heavy atom. The van der Waals surface area contributed by atoms with Crippen LogP contribution in [-0.4, -0.2) is 6.04 Å². The molecule has 0 amide bonds. The van der Waals surface area contributed by atoms with Crippen molar-refractivity contribution in [2.24, 2.45) is 0 Å². The van der Waals surface area contributed by atoms with Gasteiger partial charge in [0.15, 0.2) is 0 Å². The molecule has 0 fully saturated rings. The third-order valence-corrected chi connectivity index (χ3v) is 3.44. The van der Waals surface area contributed by atoms with E-state index in [2.05, 4.69) is 35.1 Å². The van der Waals surface area contributed by atoms with Crippen molar-refractivity contribution in [1.82, 2.24) is 5.32 Å². The van der Waals surface area contributed by atoms with Crippen molar-refractivity contribution < 1.29 is 9.13 Å². The Labute approximate surface area is 127 Å². The molecule has 0 aliphatic carbocycles. The third kappa shape index (κ3) is 4.05. The van der Waals surface area contributed by atoms with Crippen LogP contribution in [0.25, 0.3) is 0 Å².